The maximum Gasteiger partial charge on any atom is 0.189 e. The molecule has 0 spiro atoms. The third-order valence-corrected chi connectivity index (χ3v) is 5.12. The average Bonchev–Trinajstić information content (AvgIpc) is 2.67. The van der Waals surface area contributed by atoms with E-state index >= 15 is 4.39 Å². The number of aromatic nitrogens is 4. The number of alkyl halides is 1. The van der Waals surface area contributed by atoms with Crippen molar-refractivity contribution < 1.29 is 4.39 Å². The minimum Gasteiger partial charge on any atom is -0.367 e. The molecule has 0 amide bonds. The summed E-state index contributed by atoms with van der Waals surface area (Å²) in [5.74, 6) is 2.66. The van der Waals surface area contributed by atoms with Gasteiger partial charge in [0.2, 0.25) is 0 Å². The van der Waals surface area contributed by atoms with Gasteiger partial charge in [0.1, 0.15) is 23.1 Å². The van der Waals surface area contributed by atoms with E-state index in [2.05, 4.69) is 44.0 Å². The lowest BCUT2D eigenvalue weighted by molar-refractivity contribution is 0.140. The molecule has 1 saturated heterocycles. The summed E-state index contributed by atoms with van der Waals surface area (Å²) in [6.45, 7) is 5.69. The van der Waals surface area contributed by atoms with Gasteiger partial charge in [0.15, 0.2) is 5.16 Å². The van der Waals surface area contributed by atoms with Crippen LogP contribution >= 0.6 is 11.8 Å². The Morgan fingerprint density at radius 1 is 1.19 bits per heavy atom. The molecule has 1 aliphatic heterocycles. The Morgan fingerprint density at radius 2 is 1.92 bits per heavy atom. The molecule has 1 N–H and O–H groups in total. The van der Waals surface area contributed by atoms with Crippen molar-refractivity contribution in [3.63, 3.8) is 0 Å². The zero-order valence-electron chi connectivity index (χ0n) is 15.4. The van der Waals surface area contributed by atoms with Crippen LogP contribution in [0.25, 0.3) is 0 Å². The number of halogens is 1. The van der Waals surface area contributed by atoms with Gasteiger partial charge in [0.25, 0.3) is 0 Å². The fourth-order valence-electron chi connectivity index (χ4n) is 2.92. The molecular formula is C18H25FN6S. The Morgan fingerprint density at radius 3 is 2.62 bits per heavy atom. The Bertz CT molecular complexity index is 733. The number of nitrogens with zero attached hydrogens (tertiary/aromatic N) is 5. The summed E-state index contributed by atoms with van der Waals surface area (Å²) in [6.07, 6.45) is 6.32. The van der Waals surface area contributed by atoms with Crippen LogP contribution in [-0.2, 0) is 0 Å². The van der Waals surface area contributed by atoms with Crippen molar-refractivity contribution in [1.82, 2.24) is 19.9 Å². The predicted molar refractivity (Wildman–Crippen MR) is 104 cm³/mol. The van der Waals surface area contributed by atoms with Gasteiger partial charge in [-0.1, -0.05) is 25.6 Å². The molecule has 8 heteroatoms. The van der Waals surface area contributed by atoms with Crippen molar-refractivity contribution in [3.8, 4) is 0 Å². The number of nitrogens with one attached hydrogen (secondary N) is 1. The molecule has 6 nitrogen and oxygen atoms in total. The molecule has 0 aliphatic carbocycles. The van der Waals surface area contributed by atoms with Gasteiger partial charge < -0.3 is 10.2 Å². The molecule has 140 valence electrons. The molecule has 0 bridgehead atoms. The van der Waals surface area contributed by atoms with Crippen LogP contribution in [0.1, 0.15) is 38.4 Å². The van der Waals surface area contributed by atoms with E-state index in [-0.39, 0.29) is 12.5 Å². The van der Waals surface area contributed by atoms with E-state index in [0.29, 0.717) is 36.9 Å². The van der Waals surface area contributed by atoms with Crippen molar-refractivity contribution in [1.29, 1.82) is 0 Å². The maximum absolute atomic E-state index is 15.2. The van der Waals surface area contributed by atoms with Gasteiger partial charge in [0, 0.05) is 44.2 Å². The van der Waals surface area contributed by atoms with E-state index in [4.69, 9.17) is 0 Å². The zero-order valence-corrected chi connectivity index (χ0v) is 16.3. The van der Waals surface area contributed by atoms with Gasteiger partial charge >= 0.3 is 0 Å². The summed E-state index contributed by atoms with van der Waals surface area (Å²) < 4.78 is 15.2. The summed E-state index contributed by atoms with van der Waals surface area (Å²) in [4.78, 5) is 19.5. The third-order valence-electron chi connectivity index (χ3n) is 4.56. The topological polar surface area (TPSA) is 66.8 Å². The van der Waals surface area contributed by atoms with Crippen molar-refractivity contribution in [2.45, 2.75) is 43.4 Å². The summed E-state index contributed by atoms with van der Waals surface area (Å²) in [5, 5.41) is 3.81. The summed E-state index contributed by atoms with van der Waals surface area (Å²) in [5.41, 5.74) is -1.24. The van der Waals surface area contributed by atoms with E-state index in [1.807, 2.05) is 12.3 Å². The van der Waals surface area contributed by atoms with Gasteiger partial charge in [-0.3, -0.25) is 0 Å². The van der Waals surface area contributed by atoms with Crippen LogP contribution in [0, 0.1) is 0 Å². The number of hydrogen-bond acceptors (Lipinski definition) is 7. The first-order valence-corrected chi connectivity index (χ1v) is 10.1. The lowest BCUT2D eigenvalue weighted by Crippen LogP contribution is -2.46. The van der Waals surface area contributed by atoms with Gasteiger partial charge in [0.05, 0.1) is 6.54 Å². The highest BCUT2D eigenvalue weighted by Crippen LogP contribution is 2.29. The molecule has 1 fully saturated rings. The minimum absolute atomic E-state index is 0.257. The Balaban J connectivity index is 1.57. The molecule has 3 heterocycles. The van der Waals surface area contributed by atoms with Crippen LogP contribution in [0.5, 0.6) is 0 Å². The predicted octanol–water partition coefficient (Wildman–Crippen LogP) is 3.53. The standard InChI is InChI=1S/C18H25FN6S/c1-13(2)16-20-9-5-15(24-16)25-10-6-18(19,7-11-25)12-22-14-4-8-21-17(23-14)26-3/h4-5,8-9,13H,6-7,10-12H2,1-3H3,(H,21,22,23). The molecule has 26 heavy (non-hydrogen) atoms. The van der Waals surface area contributed by atoms with Crippen molar-refractivity contribution >= 4 is 23.4 Å². The molecule has 3 rings (SSSR count). The molecule has 0 unspecified atom stereocenters. The van der Waals surface area contributed by atoms with E-state index in [9.17, 15) is 0 Å². The van der Waals surface area contributed by atoms with Crippen molar-refractivity contribution in [3.05, 3.63) is 30.4 Å². The third kappa shape index (κ3) is 4.60. The first-order valence-electron chi connectivity index (χ1n) is 8.87. The fraction of sp³-hybridized carbons (Fsp3) is 0.556. The monoisotopic (exact) mass is 376 g/mol. The van der Waals surface area contributed by atoms with Crippen molar-refractivity contribution in [2.24, 2.45) is 0 Å². The fourth-order valence-corrected chi connectivity index (χ4v) is 3.27. The normalized spacial score (nSPS) is 16.7. The number of hydrogen-bond donors (Lipinski definition) is 1. The highest BCUT2D eigenvalue weighted by atomic mass is 32.2. The quantitative estimate of drug-likeness (QED) is 0.611. The average molecular weight is 377 g/mol. The number of anilines is 2. The van der Waals surface area contributed by atoms with Gasteiger partial charge in [-0.25, -0.2) is 24.3 Å². The van der Waals surface area contributed by atoms with Gasteiger partial charge in [-0.15, -0.1) is 0 Å². The van der Waals surface area contributed by atoms with Crippen molar-refractivity contribution in [2.75, 3.05) is 36.1 Å². The van der Waals surface area contributed by atoms with Gasteiger partial charge in [-0.2, -0.15) is 0 Å². The lowest BCUT2D eigenvalue weighted by Gasteiger charge is -2.37. The molecule has 2 aromatic rings. The second kappa shape index (κ2) is 8.16. The summed E-state index contributed by atoms with van der Waals surface area (Å²) in [7, 11) is 0. The minimum atomic E-state index is -1.24. The molecule has 1 aliphatic rings. The molecule has 0 aromatic carbocycles. The highest BCUT2D eigenvalue weighted by Gasteiger charge is 2.35. The molecule has 0 atom stereocenters. The molecule has 0 saturated carbocycles. The first-order chi connectivity index (χ1) is 12.5. The summed E-state index contributed by atoms with van der Waals surface area (Å²) in [6, 6.07) is 3.67. The maximum atomic E-state index is 15.2. The van der Waals surface area contributed by atoms with E-state index in [0.717, 1.165) is 11.6 Å². The smallest absolute Gasteiger partial charge is 0.189 e. The number of thioether (sulfide) groups is 1. The van der Waals surface area contributed by atoms with Crippen LogP contribution in [0.3, 0.4) is 0 Å². The van der Waals surface area contributed by atoms with E-state index in [1.54, 1.807) is 18.5 Å². The molecule has 0 radical (unpaired) electrons. The van der Waals surface area contributed by atoms with Crippen LogP contribution in [0.15, 0.2) is 29.7 Å². The number of rotatable bonds is 6. The van der Waals surface area contributed by atoms with Crippen LogP contribution in [0.4, 0.5) is 16.0 Å². The van der Waals surface area contributed by atoms with Crippen LogP contribution in [-0.4, -0.2) is 51.5 Å². The first kappa shape index (κ1) is 18.8. The zero-order chi connectivity index (χ0) is 18.6. The Kier molecular flexibility index (Phi) is 5.90. The Labute approximate surface area is 158 Å². The SMILES string of the molecule is CSc1nccc(NCC2(F)CCN(c3ccnc(C(C)C)n3)CC2)n1. The second-order valence-corrected chi connectivity index (χ2v) is 7.62. The van der Waals surface area contributed by atoms with Crippen LogP contribution in [0.2, 0.25) is 0 Å². The van der Waals surface area contributed by atoms with Crippen LogP contribution < -0.4 is 10.2 Å². The van der Waals surface area contributed by atoms with E-state index < -0.39 is 5.67 Å². The lowest BCUT2D eigenvalue weighted by atomic mass is 9.93. The van der Waals surface area contributed by atoms with E-state index in [1.165, 1.54) is 11.8 Å². The summed E-state index contributed by atoms with van der Waals surface area (Å²) >= 11 is 1.47. The molecular weight excluding hydrogens is 351 g/mol. The Hall–Kier alpha value is -1.96. The largest absolute Gasteiger partial charge is 0.367 e. The highest BCUT2D eigenvalue weighted by molar-refractivity contribution is 7.98. The number of piperidine rings is 1. The molecule has 2 aromatic heterocycles. The van der Waals surface area contributed by atoms with Gasteiger partial charge in [-0.05, 0) is 18.4 Å². The second-order valence-electron chi connectivity index (χ2n) is 6.85.